The summed E-state index contributed by atoms with van der Waals surface area (Å²) in [5.74, 6) is 1.34. The molecule has 38 heavy (non-hydrogen) atoms. The molecular formula is C31H34N4O3. The number of nitrogens with one attached hydrogen (secondary N) is 2. The van der Waals surface area contributed by atoms with Crippen LogP contribution in [0.4, 0.5) is 0 Å². The van der Waals surface area contributed by atoms with Gasteiger partial charge in [0.2, 0.25) is 5.91 Å². The lowest BCUT2D eigenvalue weighted by atomic mass is 9.49. The average Bonchev–Trinajstić information content (AvgIpc) is 3.31. The van der Waals surface area contributed by atoms with Crippen LogP contribution in [-0.2, 0) is 16.6 Å². The smallest absolute Gasteiger partial charge is 0.258 e. The number of carbonyl (C=O) groups excluding carboxylic acids is 3. The number of hydrazine groups is 1. The lowest BCUT2D eigenvalue weighted by Gasteiger charge is -2.55. The van der Waals surface area contributed by atoms with E-state index in [9.17, 15) is 14.4 Å². The number of aryl methyl sites for hydroxylation is 1. The lowest BCUT2D eigenvalue weighted by Crippen LogP contribution is -2.57. The lowest BCUT2D eigenvalue weighted by molar-refractivity contribution is -0.149. The number of fused-ring (bicyclic) bond motifs is 2. The van der Waals surface area contributed by atoms with E-state index in [2.05, 4.69) is 34.5 Å². The second-order valence-electron chi connectivity index (χ2n) is 12.2. The van der Waals surface area contributed by atoms with E-state index >= 15 is 0 Å². The number of rotatable bonds is 4. The highest BCUT2D eigenvalue weighted by Crippen LogP contribution is 2.60. The van der Waals surface area contributed by atoms with Gasteiger partial charge in [0.05, 0.1) is 11.5 Å². The van der Waals surface area contributed by atoms with Gasteiger partial charge >= 0.3 is 0 Å². The van der Waals surface area contributed by atoms with Gasteiger partial charge in [0, 0.05) is 34.8 Å². The third kappa shape index (κ3) is 3.44. The van der Waals surface area contributed by atoms with E-state index in [1.54, 1.807) is 4.90 Å². The standard InChI is InChI=1S/C31H34N4O3/c1-18-27(24-9-5-6-10-25(24)34(18)2)28-22-7-3-4-8-23(22)29(37)35(28)17-26(36)32-33-30(38)31-14-19-11-20(15-31)13-21(12-19)16-31/h3-10,19-21,28H,11-17H2,1-2H3,(H,32,36)(H,33,38). The van der Waals surface area contributed by atoms with E-state index in [4.69, 9.17) is 0 Å². The summed E-state index contributed by atoms with van der Waals surface area (Å²) in [5, 5.41) is 1.07. The molecule has 5 aliphatic rings. The van der Waals surface area contributed by atoms with Crippen molar-refractivity contribution in [3.8, 4) is 0 Å². The van der Waals surface area contributed by atoms with Crippen LogP contribution >= 0.6 is 0 Å². The maximum atomic E-state index is 13.6. The molecule has 8 rings (SSSR count). The summed E-state index contributed by atoms with van der Waals surface area (Å²) < 4.78 is 2.14. The second kappa shape index (κ2) is 8.45. The SMILES string of the molecule is Cc1c(C2c3ccccc3C(=O)N2CC(=O)NNC(=O)C23CC4CC(CC(C4)C2)C3)c2ccccc2n1C. The zero-order valence-corrected chi connectivity index (χ0v) is 22.0. The van der Waals surface area contributed by atoms with Gasteiger partial charge in [-0.15, -0.1) is 0 Å². The Kier molecular flexibility index (Phi) is 5.23. The number of aromatic nitrogens is 1. The molecule has 3 aromatic rings. The summed E-state index contributed by atoms with van der Waals surface area (Å²) in [4.78, 5) is 41.8. The number of benzene rings is 2. The molecule has 7 nitrogen and oxygen atoms in total. The summed E-state index contributed by atoms with van der Waals surface area (Å²) in [6, 6.07) is 15.4. The Morgan fingerprint density at radius 2 is 1.55 bits per heavy atom. The summed E-state index contributed by atoms with van der Waals surface area (Å²) in [5.41, 5.74) is 9.80. The minimum atomic E-state index is -0.382. The van der Waals surface area contributed by atoms with Crippen molar-refractivity contribution < 1.29 is 14.4 Å². The van der Waals surface area contributed by atoms with Gasteiger partial charge in [0.1, 0.15) is 6.54 Å². The van der Waals surface area contributed by atoms with E-state index in [1.165, 1.54) is 19.3 Å². The number of amides is 3. The topological polar surface area (TPSA) is 83.4 Å². The van der Waals surface area contributed by atoms with Crippen LogP contribution < -0.4 is 10.9 Å². The van der Waals surface area contributed by atoms with Crippen LogP contribution in [0.15, 0.2) is 48.5 Å². The number of nitrogens with zero attached hydrogens (tertiary/aromatic N) is 2. The Labute approximate surface area is 222 Å². The summed E-state index contributed by atoms with van der Waals surface area (Å²) in [6.45, 7) is 1.92. The first-order valence-electron chi connectivity index (χ1n) is 13.9. The van der Waals surface area contributed by atoms with Crippen molar-refractivity contribution in [2.75, 3.05) is 6.54 Å². The van der Waals surface area contributed by atoms with Crippen LogP contribution in [0.5, 0.6) is 0 Å². The Bertz CT molecular complexity index is 1450. The molecule has 2 aromatic carbocycles. The first-order chi connectivity index (χ1) is 18.3. The molecule has 1 aromatic heterocycles. The third-order valence-corrected chi connectivity index (χ3v) is 9.93. The van der Waals surface area contributed by atoms with Crippen LogP contribution in [0, 0.1) is 30.1 Å². The number of carbonyl (C=O) groups is 3. The fraction of sp³-hybridized carbons (Fsp3) is 0.452. The molecule has 2 N–H and O–H groups in total. The van der Waals surface area contributed by atoms with Crippen molar-refractivity contribution in [3.63, 3.8) is 0 Å². The minimum absolute atomic E-state index is 0.0533. The van der Waals surface area contributed by atoms with Crippen LogP contribution in [0.1, 0.15) is 71.7 Å². The van der Waals surface area contributed by atoms with Crippen molar-refractivity contribution in [2.45, 2.75) is 51.5 Å². The monoisotopic (exact) mass is 510 g/mol. The van der Waals surface area contributed by atoms with Gasteiger partial charge < -0.3 is 9.47 Å². The second-order valence-corrected chi connectivity index (χ2v) is 12.2. The molecule has 4 bridgehead atoms. The van der Waals surface area contributed by atoms with Gasteiger partial charge in [-0.3, -0.25) is 25.2 Å². The molecule has 0 radical (unpaired) electrons. The van der Waals surface area contributed by atoms with E-state index in [0.717, 1.165) is 47.0 Å². The molecule has 1 unspecified atom stereocenters. The minimum Gasteiger partial charge on any atom is -0.348 e. The largest absolute Gasteiger partial charge is 0.348 e. The van der Waals surface area contributed by atoms with E-state index < -0.39 is 0 Å². The Balaban J connectivity index is 1.14. The van der Waals surface area contributed by atoms with Crippen LogP contribution in [0.3, 0.4) is 0 Å². The first-order valence-corrected chi connectivity index (χ1v) is 13.9. The van der Waals surface area contributed by atoms with Gasteiger partial charge in [0.15, 0.2) is 0 Å². The van der Waals surface area contributed by atoms with Crippen molar-refractivity contribution in [1.82, 2.24) is 20.3 Å². The highest BCUT2D eigenvalue weighted by molar-refractivity contribution is 6.03. The van der Waals surface area contributed by atoms with Crippen molar-refractivity contribution >= 4 is 28.6 Å². The van der Waals surface area contributed by atoms with E-state index in [0.29, 0.717) is 23.3 Å². The summed E-state index contributed by atoms with van der Waals surface area (Å²) in [7, 11) is 2.03. The van der Waals surface area contributed by atoms with Crippen molar-refractivity contribution in [1.29, 1.82) is 0 Å². The zero-order valence-electron chi connectivity index (χ0n) is 22.0. The van der Waals surface area contributed by atoms with Crippen LogP contribution in [0.25, 0.3) is 10.9 Å². The summed E-state index contributed by atoms with van der Waals surface area (Å²) >= 11 is 0. The molecule has 0 spiro atoms. The zero-order chi connectivity index (χ0) is 26.2. The first kappa shape index (κ1) is 23.5. The predicted octanol–water partition coefficient (Wildman–Crippen LogP) is 4.40. The fourth-order valence-electron chi connectivity index (χ4n) is 8.58. The van der Waals surface area contributed by atoms with E-state index in [-0.39, 0.29) is 35.7 Å². The molecule has 3 amide bonds. The number of para-hydroxylation sites is 1. The molecule has 0 saturated heterocycles. The third-order valence-electron chi connectivity index (χ3n) is 9.93. The molecule has 2 heterocycles. The van der Waals surface area contributed by atoms with Crippen LogP contribution in [0.2, 0.25) is 0 Å². The number of hydrogen-bond donors (Lipinski definition) is 2. The number of hydrogen-bond acceptors (Lipinski definition) is 3. The highest BCUT2D eigenvalue weighted by Gasteiger charge is 2.54. The molecule has 4 fully saturated rings. The fourth-order valence-corrected chi connectivity index (χ4v) is 8.58. The Hall–Kier alpha value is -3.61. The maximum absolute atomic E-state index is 13.6. The van der Waals surface area contributed by atoms with E-state index in [1.807, 2.05) is 43.4 Å². The molecule has 4 saturated carbocycles. The normalized spacial score (nSPS) is 29.1. The van der Waals surface area contributed by atoms with Crippen molar-refractivity contribution in [3.05, 3.63) is 70.9 Å². The predicted molar refractivity (Wildman–Crippen MR) is 144 cm³/mol. The molecule has 196 valence electrons. The highest BCUT2D eigenvalue weighted by atomic mass is 16.2. The van der Waals surface area contributed by atoms with Gasteiger partial charge in [-0.05, 0) is 80.9 Å². The average molecular weight is 511 g/mol. The maximum Gasteiger partial charge on any atom is 0.258 e. The summed E-state index contributed by atoms with van der Waals surface area (Å²) in [6.07, 6.45) is 6.57. The quantitative estimate of drug-likeness (QED) is 0.511. The molecule has 1 atom stereocenters. The van der Waals surface area contributed by atoms with Gasteiger partial charge in [-0.25, -0.2) is 0 Å². The van der Waals surface area contributed by atoms with Crippen LogP contribution in [-0.4, -0.2) is 33.7 Å². The molecule has 4 aliphatic carbocycles. The van der Waals surface area contributed by atoms with Crippen molar-refractivity contribution in [2.24, 2.45) is 30.2 Å². The Morgan fingerprint density at radius 1 is 0.921 bits per heavy atom. The van der Waals surface area contributed by atoms with Gasteiger partial charge in [-0.1, -0.05) is 36.4 Å². The van der Waals surface area contributed by atoms with Gasteiger partial charge in [-0.2, -0.15) is 0 Å². The Morgan fingerprint density at radius 3 is 2.26 bits per heavy atom. The molecule has 1 aliphatic heterocycles. The molecule has 7 heteroatoms. The van der Waals surface area contributed by atoms with Gasteiger partial charge in [0.25, 0.3) is 11.8 Å². The molecular weight excluding hydrogens is 476 g/mol.